The summed E-state index contributed by atoms with van der Waals surface area (Å²) in [5, 5.41) is 21.9. The fraction of sp³-hybridized carbons (Fsp3) is 0.500. The molecular formula is C14H19NO4. The van der Waals surface area contributed by atoms with Crippen molar-refractivity contribution in [1.82, 2.24) is 0 Å². The van der Waals surface area contributed by atoms with Gasteiger partial charge in [0.1, 0.15) is 0 Å². The van der Waals surface area contributed by atoms with Crippen LogP contribution in [0.25, 0.3) is 0 Å². The third kappa shape index (κ3) is 3.05. The number of carbonyl (C=O) groups is 1. The number of aryl methyl sites for hydroxylation is 1. The SMILES string of the molecule is Cc1cc(NC2(CO)CCOCC2)ccc1C(=O)O. The summed E-state index contributed by atoms with van der Waals surface area (Å²) in [6, 6.07) is 5.13. The average molecular weight is 265 g/mol. The molecule has 1 aromatic rings. The topological polar surface area (TPSA) is 78.8 Å². The first-order chi connectivity index (χ1) is 9.06. The quantitative estimate of drug-likeness (QED) is 0.771. The molecule has 1 aromatic carbocycles. The summed E-state index contributed by atoms with van der Waals surface area (Å²) in [5.41, 5.74) is 1.47. The number of benzene rings is 1. The number of carboxylic acids is 1. The van der Waals surface area contributed by atoms with Gasteiger partial charge in [-0.25, -0.2) is 4.79 Å². The molecule has 0 atom stereocenters. The van der Waals surface area contributed by atoms with Crippen molar-refractivity contribution in [2.45, 2.75) is 25.3 Å². The molecule has 0 saturated carbocycles. The van der Waals surface area contributed by atoms with Crippen LogP contribution in [0.1, 0.15) is 28.8 Å². The van der Waals surface area contributed by atoms with E-state index in [1.165, 1.54) is 0 Å². The Balaban J connectivity index is 2.18. The van der Waals surface area contributed by atoms with Gasteiger partial charge in [0.15, 0.2) is 0 Å². The maximum absolute atomic E-state index is 11.0. The maximum Gasteiger partial charge on any atom is 0.335 e. The van der Waals surface area contributed by atoms with E-state index < -0.39 is 5.97 Å². The first-order valence-corrected chi connectivity index (χ1v) is 6.37. The standard InChI is InChI=1S/C14H19NO4/c1-10-8-11(2-3-12(10)13(17)18)15-14(9-16)4-6-19-7-5-14/h2-3,8,15-16H,4-7,9H2,1H3,(H,17,18). The summed E-state index contributed by atoms with van der Waals surface area (Å²) in [6.45, 7) is 3.06. The molecule has 0 aromatic heterocycles. The van der Waals surface area contributed by atoms with Gasteiger partial charge in [0.25, 0.3) is 0 Å². The molecule has 3 N–H and O–H groups in total. The van der Waals surface area contributed by atoms with Crippen molar-refractivity contribution in [1.29, 1.82) is 0 Å². The molecule has 0 bridgehead atoms. The summed E-state index contributed by atoms with van der Waals surface area (Å²) in [6.07, 6.45) is 1.48. The molecule has 104 valence electrons. The number of hydrogen-bond acceptors (Lipinski definition) is 4. The summed E-state index contributed by atoms with van der Waals surface area (Å²) in [4.78, 5) is 11.0. The normalized spacial score (nSPS) is 18.0. The molecule has 1 aliphatic rings. The van der Waals surface area contributed by atoms with Crippen LogP contribution in [-0.2, 0) is 4.74 Å². The zero-order valence-corrected chi connectivity index (χ0v) is 11.0. The van der Waals surface area contributed by atoms with Crippen LogP contribution >= 0.6 is 0 Å². The molecule has 5 heteroatoms. The highest BCUT2D eigenvalue weighted by Gasteiger charge is 2.31. The van der Waals surface area contributed by atoms with E-state index in [0.717, 1.165) is 18.5 Å². The molecule has 19 heavy (non-hydrogen) atoms. The van der Waals surface area contributed by atoms with Crippen molar-refractivity contribution in [3.8, 4) is 0 Å². The minimum Gasteiger partial charge on any atom is -0.478 e. The molecule has 0 unspecified atom stereocenters. The summed E-state index contributed by atoms with van der Waals surface area (Å²) in [5.74, 6) is -0.924. The summed E-state index contributed by atoms with van der Waals surface area (Å²) in [7, 11) is 0. The number of aliphatic hydroxyl groups is 1. The number of aliphatic hydroxyl groups excluding tert-OH is 1. The van der Waals surface area contributed by atoms with E-state index in [1.807, 2.05) is 0 Å². The molecule has 0 aliphatic carbocycles. The molecule has 1 fully saturated rings. The van der Waals surface area contributed by atoms with Crippen LogP contribution in [0.2, 0.25) is 0 Å². The predicted molar refractivity (Wildman–Crippen MR) is 71.6 cm³/mol. The van der Waals surface area contributed by atoms with Crippen molar-refractivity contribution in [3.05, 3.63) is 29.3 Å². The van der Waals surface area contributed by atoms with Crippen LogP contribution in [0.5, 0.6) is 0 Å². The second kappa shape index (κ2) is 5.59. The lowest BCUT2D eigenvalue weighted by atomic mass is 9.90. The van der Waals surface area contributed by atoms with Gasteiger partial charge in [-0.1, -0.05) is 0 Å². The number of nitrogens with one attached hydrogen (secondary N) is 1. The van der Waals surface area contributed by atoms with Gasteiger partial charge in [0.2, 0.25) is 0 Å². The second-order valence-electron chi connectivity index (χ2n) is 5.01. The Bertz CT molecular complexity index is 467. The Hall–Kier alpha value is -1.59. The van der Waals surface area contributed by atoms with E-state index >= 15 is 0 Å². The number of aromatic carboxylic acids is 1. The zero-order valence-electron chi connectivity index (χ0n) is 11.0. The Kier molecular flexibility index (Phi) is 4.07. The van der Waals surface area contributed by atoms with Gasteiger partial charge in [0.05, 0.1) is 17.7 Å². The molecule has 0 spiro atoms. The third-order valence-electron chi connectivity index (χ3n) is 3.62. The van der Waals surface area contributed by atoms with Gasteiger partial charge in [-0.15, -0.1) is 0 Å². The van der Waals surface area contributed by atoms with Crippen LogP contribution < -0.4 is 5.32 Å². The van der Waals surface area contributed by atoms with Crippen LogP contribution in [0.15, 0.2) is 18.2 Å². The van der Waals surface area contributed by atoms with Crippen molar-refractivity contribution < 1.29 is 19.7 Å². The monoisotopic (exact) mass is 265 g/mol. The Morgan fingerprint density at radius 3 is 2.63 bits per heavy atom. The van der Waals surface area contributed by atoms with Crippen LogP contribution in [-0.4, -0.2) is 41.5 Å². The Morgan fingerprint density at radius 1 is 1.42 bits per heavy atom. The number of ether oxygens (including phenoxy) is 1. The Morgan fingerprint density at radius 2 is 2.11 bits per heavy atom. The summed E-state index contributed by atoms with van der Waals surface area (Å²) < 4.78 is 5.31. The van der Waals surface area contributed by atoms with E-state index in [2.05, 4.69) is 5.32 Å². The molecule has 0 radical (unpaired) electrons. The molecule has 0 amide bonds. The van der Waals surface area contributed by atoms with E-state index in [4.69, 9.17) is 9.84 Å². The van der Waals surface area contributed by atoms with Gasteiger partial charge in [0, 0.05) is 18.9 Å². The minimum atomic E-state index is -0.924. The van der Waals surface area contributed by atoms with Crippen LogP contribution in [0.4, 0.5) is 5.69 Å². The highest BCUT2D eigenvalue weighted by molar-refractivity contribution is 5.89. The van der Waals surface area contributed by atoms with Gasteiger partial charge in [-0.2, -0.15) is 0 Å². The third-order valence-corrected chi connectivity index (χ3v) is 3.62. The molecule has 1 heterocycles. The molecule has 1 aliphatic heterocycles. The second-order valence-corrected chi connectivity index (χ2v) is 5.01. The summed E-state index contributed by atoms with van der Waals surface area (Å²) >= 11 is 0. The lowest BCUT2D eigenvalue weighted by Gasteiger charge is -2.37. The van der Waals surface area contributed by atoms with Gasteiger partial charge >= 0.3 is 5.97 Å². The lowest BCUT2D eigenvalue weighted by molar-refractivity contribution is 0.0380. The van der Waals surface area contributed by atoms with Crippen LogP contribution in [0.3, 0.4) is 0 Å². The first kappa shape index (κ1) is 13.8. The van der Waals surface area contributed by atoms with Crippen molar-refractivity contribution in [2.24, 2.45) is 0 Å². The largest absolute Gasteiger partial charge is 0.478 e. The molecule has 1 saturated heterocycles. The van der Waals surface area contributed by atoms with Gasteiger partial charge in [-0.05, 0) is 43.5 Å². The Labute approximate surface area is 112 Å². The molecule has 5 nitrogen and oxygen atoms in total. The highest BCUT2D eigenvalue weighted by atomic mass is 16.5. The zero-order chi connectivity index (χ0) is 13.9. The number of anilines is 1. The first-order valence-electron chi connectivity index (χ1n) is 6.37. The maximum atomic E-state index is 11.0. The van der Waals surface area contributed by atoms with E-state index in [9.17, 15) is 9.90 Å². The van der Waals surface area contributed by atoms with E-state index in [-0.39, 0.29) is 12.1 Å². The average Bonchev–Trinajstić information content (AvgIpc) is 2.39. The van der Waals surface area contributed by atoms with Gasteiger partial charge in [-0.3, -0.25) is 0 Å². The lowest BCUT2D eigenvalue weighted by Crippen LogP contribution is -2.46. The predicted octanol–water partition coefficient (Wildman–Crippen LogP) is 1.65. The van der Waals surface area contributed by atoms with Crippen molar-refractivity contribution in [3.63, 3.8) is 0 Å². The molecule has 2 rings (SSSR count). The van der Waals surface area contributed by atoms with E-state index in [0.29, 0.717) is 24.3 Å². The minimum absolute atomic E-state index is 0.0378. The number of carboxylic acid groups (broad SMARTS) is 1. The van der Waals surface area contributed by atoms with Gasteiger partial charge < -0.3 is 20.3 Å². The number of rotatable bonds is 4. The van der Waals surface area contributed by atoms with Crippen molar-refractivity contribution in [2.75, 3.05) is 25.1 Å². The smallest absolute Gasteiger partial charge is 0.335 e. The number of hydrogen-bond donors (Lipinski definition) is 3. The fourth-order valence-corrected chi connectivity index (χ4v) is 2.37. The highest BCUT2D eigenvalue weighted by Crippen LogP contribution is 2.26. The fourth-order valence-electron chi connectivity index (χ4n) is 2.37. The van der Waals surface area contributed by atoms with E-state index in [1.54, 1.807) is 25.1 Å². The molecular weight excluding hydrogens is 246 g/mol. The van der Waals surface area contributed by atoms with Crippen LogP contribution in [0, 0.1) is 6.92 Å². The van der Waals surface area contributed by atoms with Crippen molar-refractivity contribution >= 4 is 11.7 Å².